The van der Waals surface area contributed by atoms with E-state index < -0.39 is 28.7 Å². The van der Waals surface area contributed by atoms with Crippen LogP contribution in [0.5, 0.6) is 0 Å². The van der Waals surface area contributed by atoms with Gasteiger partial charge in [0.1, 0.15) is 5.60 Å². The molecule has 0 amide bonds. The van der Waals surface area contributed by atoms with Gasteiger partial charge in [0, 0.05) is 6.42 Å². The molecule has 0 radical (unpaired) electrons. The van der Waals surface area contributed by atoms with E-state index >= 15 is 0 Å². The van der Waals surface area contributed by atoms with Crippen molar-refractivity contribution >= 4 is 6.16 Å². The standard InChI is InChI=1S/C17H32O11/c1-8-9-10-16(26-21-5)15(3,25-20-4)14(2,24-13(18)19)11-12-17(16,27-22-6)28-23-7/h8-12H2,1-7H3,(H,18,19). The third kappa shape index (κ3) is 4.12. The van der Waals surface area contributed by atoms with E-state index in [1.807, 2.05) is 6.92 Å². The second-order valence-electron chi connectivity index (χ2n) is 6.82. The van der Waals surface area contributed by atoms with E-state index in [1.54, 1.807) is 13.8 Å². The minimum atomic E-state index is -1.70. The second kappa shape index (κ2) is 10.1. The topological polar surface area (TPSA) is 120 Å². The SMILES string of the molecule is CCCCC1(OOC)C(OOC)(OOC)CCC(C)(OC(=O)O)C1(C)OOC. The summed E-state index contributed by atoms with van der Waals surface area (Å²) in [5.74, 6) is -1.70. The Labute approximate surface area is 164 Å². The Morgan fingerprint density at radius 1 is 0.893 bits per heavy atom. The molecule has 1 fully saturated rings. The molecule has 1 N–H and O–H groups in total. The summed E-state index contributed by atoms with van der Waals surface area (Å²) in [5.41, 5.74) is -4.68. The molecule has 1 rings (SSSR count). The van der Waals surface area contributed by atoms with Gasteiger partial charge in [0.05, 0.1) is 28.4 Å². The molecule has 0 heterocycles. The highest BCUT2D eigenvalue weighted by Gasteiger charge is 2.78. The van der Waals surface area contributed by atoms with E-state index in [0.717, 1.165) is 6.42 Å². The zero-order valence-electron chi connectivity index (χ0n) is 17.6. The quantitative estimate of drug-likeness (QED) is 0.220. The summed E-state index contributed by atoms with van der Waals surface area (Å²) in [7, 11) is 5.19. The summed E-state index contributed by atoms with van der Waals surface area (Å²) in [4.78, 5) is 53.8. The maximum Gasteiger partial charge on any atom is 0.506 e. The van der Waals surface area contributed by atoms with Gasteiger partial charge in [-0.25, -0.2) is 34.1 Å². The van der Waals surface area contributed by atoms with Crippen LogP contribution in [0.2, 0.25) is 0 Å². The molecule has 3 unspecified atom stereocenters. The largest absolute Gasteiger partial charge is 0.506 e. The molecular weight excluding hydrogens is 380 g/mol. The first kappa shape index (κ1) is 25.0. The van der Waals surface area contributed by atoms with Crippen molar-refractivity contribution in [3.05, 3.63) is 0 Å². The van der Waals surface area contributed by atoms with Gasteiger partial charge in [-0.2, -0.15) is 9.78 Å². The average Bonchev–Trinajstić information content (AvgIpc) is 2.62. The Kier molecular flexibility index (Phi) is 9.03. The van der Waals surface area contributed by atoms with Crippen molar-refractivity contribution in [2.24, 2.45) is 0 Å². The molecule has 0 aromatic heterocycles. The van der Waals surface area contributed by atoms with E-state index in [0.29, 0.717) is 6.42 Å². The maximum atomic E-state index is 11.5. The van der Waals surface area contributed by atoms with Crippen LogP contribution in [0.1, 0.15) is 52.9 Å². The van der Waals surface area contributed by atoms with Crippen molar-refractivity contribution in [1.29, 1.82) is 0 Å². The number of unbranched alkanes of at least 4 members (excludes halogenated alkanes) is 1. The van der Waals surface area contributed by atoms with Crippen LogP contribution in [-0.4, -0.2) is 62.3 Å². The van der Waals surface area contributed by atoms with Crippen LogP contribution in [0, 0.1) is 0 Å². The summed E-state index contributed by atoms with van der Waals surface area (Å²) in [5, 5.41) is 9.34. The summed E-state index contributed by atoms with van der Waals surface area (Å²) in [6.45, 7) is 5.12. The van der Waals surface area contributed by atoms with Crippen molar-refractivity contribution in [1.82, 2.24) is 0 Å². The van der Waals surface area contributed by atoms with Crippen LogP contribution in [0.15, 0.2) is 0 Å². The van der Waals surface area contributed by atoms with Crippen LogP contribution < -0.4 is 0 Å². The number of hydrogen-bond donors (Lipinski definition) is 1. The summed E-state index contributed by atoms with van der Waals surface area (Å²) >= 11 is 0. The van der Waals surface area contributed by atoms with Crippen molar-refractivity contribution < 1.29 is 53.7 Å². The molecule has 28 heavy (non-hydrogen) atoms. The van der Waals surface area contributed by atoms with Gasteiger partial charge in [0.25, 0.3) is 5.79 Å². The second-order valence-corrected chi connectivity index (χ2v) is 6.82. The Morgan fingerprint density at radius 2 is 1.43 bits per heavy atom. The summed E-state index contributed by atoms with van der Waals surface area (Å²) < 4.78 is 5.26. The van der Waals surface area contributed by atoms with Crippen LogP contribution in [0.3, 0.4) is 0 Å². The molecule has 166 valence electrons. The number of rotatable bonds is 12. The van der Waals surface area contributed by atoms with Gasteiger partial charge in [0.15, 0.2) is 11.2 Å². The zero-order valence-corrected chi connectivity index (χ0v) is 17.6. The third-order valence-electron chi connectivity index (χ3n) is 5.43. The van der Waals surface area contributed by atoms with E-state index in [9.17, 15) is 9.90 Å². The van der Waals surface area contributed by atoms with Gasteiger partial charge in [-0.1, -0.05) is 19.8 Å². The highest BCUT2D eigenvalue weighted by molar-refractivity contribution is 5.58. The molecule has 0 aromatic rings. The Bertz CT molecular complexity index is 495. The van der Waals surface area contributed by atoms with E-state index in [-0.39, 0.29) is 19.3 Å². The predicted molar refractivity (Wildman–Crippen MR) is 92.5 cm³/mol. The van der Waals surface area contributed by atoms with Gasteiger partial charge < -0.3 is 9.84 Å². The van der Waals surface area contributed by atoms with Gasteiger partial charge in [-0.15, -0.1) is 0 Å². The van der Waals surface area contributed by atoms with Crippen molar-refractivity contribution in [3.63, 3.8) is 0 Å². The number of ether oxygens (including phenoxy) is 1. The van der Waals surface area contributed by atoms with Gasteiger partial charge in [0.2, 0.25) is 0 Å². The molecule has 1 saturated carbocycles. The minimum absolute atomic E-state index is 0.0637. The fourth-order valence-electron chi connectivity index (χ4n) is 3.98. The van der Waals surface area contributed by atoms with Crippen LogP contribution in [-0.2, 0) is 43.8 Å². The molecule has 1 aliphatic rings. The fraction of sp³-hybridized carbons (Fsp3) is 0.941. The van der Waals surface area contributed by atoms with Crippen molar-refractivity contribution in [2.45, 2.75) is 75.5 Å². The highest BCUT2D eigenvalue weighted by Crippen LogP contribution is 2.58. The van der Waals surface area contributed by atoms with Crippen LogP contribution >= 0.6 is 0 Å². The molecule has 0 saturated heterocycles. The van der Waals surface area contributed by atoms with E-state index in [4.69, 9.17) is 43.8 Å². The molecule has 3 atom stereocenters. The molecule has 1 aliphatic carbocycles. The normalized spacial score (nSPS) is 32.2. The highest BCUT2D eigenvalue weighted by atomic mass is 17.3. The van der Waals surface area contributed by atoms with Gasteiger partial charge in [-0.3, -0.25) is 0 Å². The maximum absolute atomic E-state index is 11.5. The zero-order chi connectivity index (χ0) is 21.5. The lowest BCUT2D eigenvalue weighted by Gasteiger charge is -2.61. The lowest BCUT2D eigenvalue weighted by atomic mass is 9.59. The molecule has 0 spiro atoms. The lowest BCUT2D eigenvalue weighted by Crippen LogP contribution is -2.80. The smallest absolute Gasteiger partial charge is 0.450 e. The minimum Gasteiger partial charge on any atom is -0.450 e. The Hall–Kier alpha value is -1.05. The number of carbonyl (C=O) groups is 1. The van der Waals surface area contributed by atoms with Crippen LogP contribution in [0.25, 0.3) is 0 Å². The average molecular weight is 412 g/mol. The lowest BCUT2D eigenvalue weighted by molar-refractivity contribution is -0.597. The molecule has 11 nitrogen and oxygen atoms in total. The molecule has 0 aliphatic heterocycles. The first-order valence-electron chi connectivity index (χ1n) is 8.97. The van der Waals surface area contributed by atoms with Gasteiger partial charge >= 0.3 is 6.16 Å². The van der Waals surface area contributed by atoms with Crippen LogP contribution in [0.4, 0.5) is 4.79 Å². The number of carboxylic acid groups (broad SMARTS) is 1. The Morgan fingerprint density at radius 3 is 1.86 bits per heavy atom. The molecular formula is C17H32O11. The first-order chi connectivity index (χ1) is 13.2. The molecule has 0 aromatic carbocycles. The van der Waals surface area contributed by atoms with Crippen molar-refractivity contribution in [2.75, 3.05) is 28.4 Å². The molecule has 11 heteroatoms. The van der Waals surface area contributed by atoms with E-state index in [1.165, 1.54) is 28.4 Å². The third-order valence-corrected chi connectivity index (χ3v) is 5.43. The van der Waals surface area contributed by atoms with E-state index in [2.05, 4.69) is 0 Å². The number of hydrogen-bond acceptors (Lipinski definition) is 10. The summed E-state index contributed by atoms with van der Waals surface area (Å²) in [6, 6.07) is 0. The monoisotopic (exact) mass is 412 g/mol. The van der Waals surface area contributed by atoms with Crippen molar-refractivity contribution in [3.8, 4) is 0 Å². The fourth-order valence-corrected chi connectivity index (χ4v) is 3.98. The van der Waals surface area contributed by atoms with Gasteiger partial charge in [-0.05, 0) is 26.7 Å². The Balaban J connectivity index is 3.77. The first-order valence-corrected chi connectivity index (χ1v) is 8.97. The predicted octanol–water partition coefficient (Wildman–Crippen LogP) is 2.93. The molecule has 0 bridgehead atoms. The summed E-state index contributed by atoms with van der Waals surface area (Å²) in [6.07, 6.45) is 0.299.